The quantitative estimate of drug-likeness (QED) is 0.319. The number of rotatable bonds is 4. The number of pyridine rings is 1. The van der Waals surface area contributed by atoms with Gasteiger partial charge >= 0.3 is 0 Å². The lowest BCUT2D eigenvalue weighted by molar-refractivity contribution is 0.607. The molecule has 35 heavy (non-hydrogen) atoms. The Kier molecular flexibility index (Phi) is 6.24. The van der Waals surface area contributed by atoms with Gasteiger partial charge in [0.2, 0.25) is 0 Å². The van der Waals surface area contributed by atoms with E-state index in [0.717, 1.165) is 29.5 Å². The molecule has 0 atom stereocenters. The first kappa shape index (κ1) is 23.4. The molecule has 3 heterocycles. The molecule has 2 aromatic carbocycles. The molecular weight excluding hydrogens is 457 g/mol. The van der Waals surface area contributed by atoms with Crippen molar-refractivity contribution in [2.75, 3.05) is 18.0 Å². The van der Waals surface area contributed by atoms with Gasteiger partial charge in [0.1, 0.15) is 0 Å². The number of hydrogen-bond acceptors (Lipinski definition) is 2. The Morgan fingerprint density at radius 2 is 1.94 bits per heavy atom. The van der Waals surface area contributed by atoms with Gasteiger partial charge in [-0.3, -0.25) is 0 Å². The molecule has 1 aliphatic rings. The van der Waals surface area contributed by atoms with Crippen molar-refractivity contribution in [3.8, 4) is 0 Å². The van der Waals surface area contributed by atoms with Crippen LogP contribution in [0.15, 0.2) is 72.6 Å². The summed E-state index contributed by atoms with van der Waals surface area (Å²) in [6.07, 6.45) is 5.11. The molecule has 0 unspecified atom stereocenters. The second kappa shape index (κ2) is 9.35. The summed E-state index contributed by atoms with van der Waals surface area (Å²) in [4.78, 5) is 9.70. The number of fused-ring (bicyclic) bond motifs is 1. The summed E-state index contributed by atoms with van der Waals surface area (Å²) >= 11 is 5.94. The van der Waals surface area contributed by atoms with Crippen LogP contribution >= 0.6 is 11.6 Å². The van der Waals surface area contributed by atoms with Crippen LogP contribution < -0.4 is 4.90 Å². The molecule has 4 aromatic rings. The van der Waals surface area contributed by atoms with E-state index in [9.17, 15) is 4.39 Å². The summed E-state index contributed by atoms with van der Waals surface area (Å²) in [5.74, 6) is -0.0614. The van der Waals surface area contributed by atoms with E-state index in [-0.39, 0.29) is 0 Å². The van der Waals surface area contributed by atoms with Crippen molar-refractivity contribution in [2.45, 2.75) is 33.6 Å². The molecule has 178 valence electrons. The maximum Gasteiger partial charge on any atom is 0.167 e. The van der Waals surface area contributed by atoms with E-state index in [1.54, 1.807) is 0 Å². The van der Waals surface area contributed by atoms with Crippen molar-refractivity contribution >= 4 is 33.9 Å². The number of anilines is 1. The van der Waals surface area contributed by atoms with Gasteiger partial charge in [-0.05, 0) is 90.3 Å². The highest BCUT2D eigenvalue weighted by Crippen LogP contribution is 2.38. The molecule has 1 saturated heterocycles. The molecule has 1 fully saturated rings. The van der Waals surface area contributed by atoms with Gasteiger partial charge in [-0.2, -0.15) is 0 Å². The molecule has 0 amide bonds. The molecule has 0 radical (unpaired) electrons. The van der Waals surface area contributed by atoms with Crippen LogP contribution in [0.3, 0.4) is 0 Å². The van der Waals surface area contributed by atoms with Gasteiger partial charge in [0.25, 0.3) is 0 Å². The largest absolute Gasteiger partial charge is 0.361 e. The number of nitrogens with zero attached hydrogens (tertiary/aromatic N) is 2. The minimum atomic E-state index is -0.398. The zero-order valence-corrected chi connectivity index (χ0v) is 21.1. The van der Waals surface area contributed by atoms with E-state index in [0.29, 0.717) is 23.9 Å². The molecule has 2 aromatic heterocycles. The first-order valence-corrected chi connectivity index (χ1v) is 12.3. The third kappa shape index (κ3) is 4.39. The van der Waals surface area contributed by atoms with Gasteiger partial charge in [-0.25, -0.2) is 9.37 Å². The van der Waals surface area contributed by atoms with Crippen LogP contribution in [0.1, 0.15) is 41.2 Å². The lowest BCUT2D eigenvalue weighted by Crippen LogP contribution is -2.34. The van der Waals surface area contributed by atoms with E-state index in [4.69, 9.17) is 11.6 Å². The maximum absolute atomic E-state index is 14.7. The molecule has 5 rings (SSSR count). The van der Waals surface area contributed by atoms with E-state index >= 15 is 0 Å². The number of halogens is 2. The van der Waals surface area contributed by atoms with E-state index in [2.05, 4.69) is 73.7 Å². The molecule has 1 N–H and O–H groups in total. The summed E-state index contributed by atoms with van der Waals surface area (Å²) < 4.78 is 14.7. The van der Waals surface area contributed by atoms with Gasteiger partial charge < -0.3 is 9.88 Å². The zero-order chi connectivity index (χ0) is 24.7. The highest BCUT2D eigenvalue weighted by molar-refractivity contribution is 6.30. The highest BCUT2D eigenvalue weighted by atomic mass is 35.5. The van der Waals surface area contributed by atoms with E-state index in [1.807, 2.05) is 11.1 Å². The number of hydrogen-bond donors (Lipinski definition) is 1. The Morgan fingerprint density at radius 3 is 2.71 bits per heavy atom. The summed E-state index contributed by atoms with van der Waals surface area (Å²) in [5, 5.41) is 1.51. The van der Waals surface area contributed by atoms with Crippen LogP contribution in [0, 0.1) is 19.7 Å². The summed E-state index contributed by atoms with van der Waals surface area (Å²) in [6.45, 7) is 12.1. The van der Waals surface area contributed by atoms with Crippen molar-refractivity contribution in [1.29, 1.82) is 0 Å². The van der Waals surface area contributed by atoms with E-state index in [1.165, 1.54) is 51.0 Å². The Bertz CT molecular complexity index is 1480. The fourth-order valence-corrected chi connectivity index (χ4v) is 5.38. The third-order valence-corrected chi connectivity index (χ3v) is 7.35. The van der Waals surface area contributed by atoms with Gasteiger partial charge in [-0.15, -0.1) is 0 Å². The average Bonchev–Trinajstić information content (AvgIpc) is 3.31. The molecule has 5 heteroatoms. The van der Waals surface area contributed by atoms with Gasteiger partial charge in [0.15, 0.2) is 11.6 Å². The second-order valence-corrected chi connectivity index (χ2v) is 9.87. The monoisotopic (exact) mass is 485 g/mol. The number of allylic oxidation sites excluding steroid dienone is 1. The van der Waals surface area contributed by atoms with Crippen molar-refractivity contribution in [2.24, 2.45) is 0 Å². The number of aryl methyl sites for hydroxylation is 2. The zero-order valence-electron chi connectivity index (χ0n) is 20.4. The topological polar surface area (TPSA) is 31.9 Å². The predicted molar refractivity (Wildman–Crippen MR) is 145 cm³/mol. The van der Waals surface area contributed by atoms with E-state index < -0.39 is 5.82 Å². The Balaban J connectivity index is 1.64. The minimum absolute atomic E-state index is 0.301. The van der Waals surface area contributed by atoms with Gasteiger partial charge in [0.05, 0.1) is 5.02 Å². The molecule has 1 aliphatic heterocycles. The molecule has 0 spiro atoms. The summed E-state index contributed by atoms with van der Waals surface area (Å²) in [7, 11) is 0. The van der Waals surface area contributed by atoms with Crippen LogP contribution in [0.5, 0.6) is 0 Å². The van der Waals surface area contributed by atoms with Crippen molar-refractivity contribution < 1.29 is 4.39 Å². The lowest BCUT2D eigenvalue weighted by Gasteiger charge is -2.33. The van der Waals surface area contributed by atoms with Crippen LogP contribution in [-0.4, -0.2) is 23.1 Å². The van der Waals surface area contributed by atoms with Crippen molar-refractivity contribution in [1.82, 2.24) is 9.97 Å². The number of aromatic amines is 1. The third-order valence-electron chi connectivity index (χ3n) is 7.14. The smallest absolute Gasteiger partial charge is 0.167 e. The average molecular weight is 486 g/mol. The standard InChI is InChI=1S/C30H29ClFN3/c1-18-7-5-6-8-22(18)14-23-13-20(3)29-25(9-11-33-29)28(23)21(4)26-17-35(12-10-19(26)2)30-27(32)15-24(31)16-34-30/h5-9,11,13,15-16,33H,2,10,12,14,17H2,1,3-4H3/b26-21+. The van der Waals surface area contributed by atoms with Crippen LogP contribution in [0.2, 0.25) is 5.02 Å². The normalized spacial score (nSPS) is 15.7. The first-order valence-electron chi connectivity index (χ1n) is 11.9. The molecule has 0 saturated carbocycles. The fraction of sp³-hybridized carbons (Fsp3) is 0.233. The number of nitrogens with one attached hydrogen (secondary N) is 1. The summed E-state index contributed by atoms with van der Waals surface area (Å²) in [6, 6.07) is 14.3. The Labute approximate surface area is 211 Å². The number of piperidine rings is 1. The molecule has 0 aliphatic carbocycles. The first-order chi connectivity index (χ1) is 16.8. The predicted octanol–water partition coefficient (Wildman–Crippen LogP) is 7.80. The maximum atomic E-state index is 14.7. The molecule has 3 nitrogen and oxygen atoms in total. The van der Waals surface area contributed by atoms with Crippen LogP contribution in [-0.2, 0) is 6.42 Å². The lowest BCUT2D eigenvalue weighted by atomic mass is 9.85. The Morgan fingerprint density at radius 1 is 1.14 bits per heavy atom. The minimum Gasteiger partial charge on any atom is -0.361 e. The van der Waals surface area contributed by atoms with Crippen molar-refractivity contribution in [3.05, 3.63) is 111 Å². The SMILES string of the molecule is C=C1CCN(c2ncc(Cl)cc2F)C/C1=C(/C)c1c(Cc2ccccc2C)cc(C)c2[nH]ccc12. The fourth-order valence-electron chi connectivity index (χ4n) is 5.24. The van der Waals surface area contributed by atoms with Crippen LogP contribution in [0.25, 0.3) is 16.5 Å². The Hall–Kier alpha value is -3.37. The summed E-state index contributed by atoms with van der Waals surface area (Å²) in [5.41, 5.74) is 10.9. The molecular formula is C30H29ClFN3. The van der Waals surface area contributed by atoms with Crippen LogP contribution in [0.4, 0.5) is 10.2 Å². The number of benzene rings is 2. The molecule has 0 bridgehead atoms. The second-order valence-electron chi connectivity index (χ2n) is 9.43. The number of H-pyrrole nitrogens is 1. The highest BCUT2D eigenvalue weighted by Gasteiger charge is 2.25. The van der Waals surface area contributed by atoms with Crippen molar-refractivity contribution in [3.63, 3.8) is 0 Å². The number of aromatic nitrogens is 2. The van der Waals surface area contributed by atoms with Gasteiger partial charge in [0, 0.05) is 36.4 Å². The van der Waals surface area contributed by atoms with Gasteiger partial charge in [-0.1, -0.05) is 48.5 Å².